The molecule has 0 spiro atoms. The monoisotopic (exact) mass is 699 g/mol. The van der Waals surface area contributed by atoms with E-state index >= 15 is 0 Å². The molecule has 284 valence electrons. The summed E-state index contributed by atoms with van der Waals surface area (Å²) in [4.78, 5) is 0. The summed E-state index contributed by atoms with van der Waals surface area (Å²) in [5.74, 6) is 0. The molecule has 0 aliphatic heterocycles. The molecular formula is C36H74O10S. The molecular weight excluding hydrogens is 624 g/mol. The van der Waals surface area contributed by atoms with Gasteiger partial charge in [0.15, 0.2) is 0 Å². The third kappa shape index (κ3) is 38.3. The topological polar surface area (TPSA) is 119 Å². The van der Waals surface area contributed by atoms with Crippen LogP contribution in [0.1, 0.15) is 142 Å². The van der Waals surface area contributed by atoms with Crippen LogP contribution in [0, 0.1) is 0 Å². The molecule has 11 heteroatoms. The van der Waals surface area contributed by atoms with E-state index in [0.717, 1.165) is 25.9 Å². The van der Waals surface area contributed by atoms with Gasteiger partial charge >= 0.3 is 0 Å². The third-order valence-corrected chi connectivity index (χ3v) is 8.83. The lowest BCUT2D eigenvalue weighted by molar-refractivity contribution is -0.0316. The first-order valence-electron chi connectivity index (χ1n) is 19.1. The molecule has 0 heterocycles. The average Bonchev–Trinajstić information content (AvgIpc) is 3.05. The van der Waals surface area contributed by atoms with Crippen molar-refractivity contribution in [1.29, 1.82) is 0 Å². The van der Waals surface area contributed by atoms with Gasteiger partial charge in [0.25, 0.3) is 10.1 Å². The minimum atomic E-state index is -4.40. The maximum absolute atomic E-state index is 11.6. The third-order valence-electron chi connectivity index (χ3n) is 7.89. The van der Waals surface area contributed by atoms with Crippen molar-refractivity contribution < 1.29 is 46.1 Å². The Bertz CT molecular complexity index is 695. The Balaban J connectivity index is 3.44. The molecule has 0 amide bonds. The summed E-state index contributed by atoms with van der Waals surface area (Å²) >= 11 is 0. The van der Waals surface area contributed by atoms with E-state index in [4.69, 9.17) is 33.2 Å². The van der Waals surface area contributed by atoms with Crippen molar-refractivity contribution in [2.75, 3.05) is 85.9 Å². The van der Waals surface area contributed by atoms with Crippen LogP contribution >= 0.6 is 0 Å². The minimum absolute atomic E-state index is 0.00525. The van der Waals surface area contributed by atoms with E-state index in [9.17, 15) is 13.0 Å². The highest BCUT2D eigenvalue weighted by Crippen LogP contribution is 2.11. The standard InChI is InChI=1S/C36H74O10S/c1-3-5-7-9-11-13-15-17-19-21-23-40-25-26-42-27-28-43-29-30-44-33-34-46-36(47(37,38)39)35-45-32-31-41-24-22-20-18-16-14-12-10-8-6-4-2/h36H,3-35H2,1-2H3,(H,37,38,39). The first-order chi connectivity index (χ1) is 23.0. The summed E-state index contributed by atoms with van der Waals surface area (Å²) in [7, 11) is -4.40. The summed E-state index contributed by atoms with van der Waals surface area (Å²) in [6.45, 7) is 9.32. The normalized spacial score (nSPS) is 12.7. The van der Waals surface area contributed by atoms with Crippen molar-refractivity contribution in [3.8, 4) is 0 Å². The van der Waals surface area contributed by atoms with Crippen molar-refractivity contribution in [3.63, 3.8) is 0 Å². The van der Waals surface area contributed by atoms with Crippen molar-refractivity contribution in [1.82, 2.24) is 0 Å². The van der Waals surface area contributed by atoms with Crippen molar-refractivity contribution >= 4 is 10.1 Å². The van der Waals surface area contributed by atoms with Gasteiger partial charge in [-0.3, -0.25) is 4.55 Å². The molecule has 0 saturated carbocycles. The summed E-state index contributed by atoms with van der Waals surface area (Å²) in [5, 5.41) is 0. The van der Waals surface area contributed by atoms with Crippen LogP contribution in [0.25, 0.3) is 0 Å². The smallest absolute Gasteiger partial charge is 0.294 e. The molecule has 0 aromatic heterocycles. The van der Waals surface area contributed by atoms with E-state index in [1.165, 1.54) is 109 Å². The maximum atomic E-state index is 11.6. The zero-order chi connectivity index (χ0) is 34.4. The van der Waals surface area contributed by atoms with Crippen LogP contribution in [0.5, 0.6) is 0 Å². The number of rotatable bonds is 41. The fourth-order valence-electron chi connectivity index (χ4n) is 5.00. The minimum Gasteiger partial charge on any atom is -0.379 e. The lowest BCUT2D eigenvalue weighted by Crippen LogP contribution is -2.31. The second-order valence-corrected chi connectivity index (χ2v) is 13.9. The summed E-state index contributed by atoms with van der Waals surface area (Å²) in [6.07, 6.45) is 25.9. The van der Waals surface area contributed by atoms with E-state index in [1.54, 1.807) is 0 Å². The number of hydrogen-bond donors (Lipinski definition) is 1. The molecule has 0 bridgehead atoms. The lowest BCUT2D eigenvalue weighted by Gasteiger charge is -2.15. The fraction of sp³-hybridized carbons (Fsp3) is 1.00. The van der Waals surface area contributed by atoms with Crippen LogP contribution in [-0.4, -0.2) is 104 Å². The highest BCUT2D eigenvalue weighted by molar-refractivity contribution is 7.86. The number of hydrogen-bond acceptors (Lipinski definition) is 9. The Morgan fingerprint density at radius 1 is 0.383 bits per heavy atom. The Hall–Kier alpha value is -0.370. The van der Waals surface area contributed by atoms with Gasteiger partial charge in [-0.2, -0.15) is 8.42 Å². The van der Waals surface area contributed by atoms with Gasteiger partial charge in [-0.1, -0.05) is 129 Å². The zero-order valence-corrected chi connectivity index (χ0v) is 31.3. The fourth-order valence-corrected chi connectivity index (χ4v) is 5.54. The Morgan fingerprint density at radius 3 is 1.00 bits per heavy atom. The molecule has 1 atom stereocenters. The van der Waals surface area contributed by atoms with Crippen molar-refractivity contribution in [2.45, 2.75) is 148 Å². The molecule has 1 unspecified atom stereocenters. The van der Waals surface area contributed by atoms with Gasteiger partial charge < -0.3 is 33.2 Å². The first kappa shape index (κ1) is 46.6. The summed E-state index contributed by atoms with van der Waals surface area (Å²) in [5.41, 5.74) is -1.46. The molecule has 0 fully saturated rings. The second-order valence-electron chi connectivity index (χ2n) is 12.3. The molecule has 10 nitrogen and oxygen atoms in total. The quantitative estimate of drug-likeness (QED) is 0.0495. The lowest BCUT2D eigenvalue weighted by atomic mass is 10.1. The van der Waals surface area contributed by atoms with E-state index in [1.807, 2.05) is 0 Å². The predicted octanol–water partition coefficient (Wildman–Crippen LogP) is 8.16. The number of unbranched alkanes of at least 4 members (excludes halogenated alkanes) is 18. The molecule has 0 aliphatic rings. The van der Waals surface area contributed by atoms with Gasteiger partial charge in [-0.05, 0) is 12.8 Å². The van der Waals surface area contributed by atoms with Gasteiger partial charge in [-0.15, -0.1) is 0 Å². The maximum Gasteiger partial charge on any atom is 0.294 e. The number of ether oxygens (including phenoxy) is 7. The van der Waals surface area contributed by atoms with E-state index in [-0.39, 0.29) is 26.4 Å². The second kappa shape index (κ2) is 38.4. The van der Waals surface area contributed by atoms with Gasteiger partial charge in [0.05, 0.1) is 72.7 Å². The van der Waals surface area contributed by atoms with Crippen LogP contribution in [0.15, 0.2) is 0 Å². The van der Waals surface area contributed by atoms with Crippen LogP contribution in [0.3, 0.4) is 0 Å². The molecule has 0 aliphatic carbocycles. The van der Waals surface area contributed by atoms with E-state index in [0.29, 0.717) is 52.9 Å². The molecule has 0 aromatic rings. The Morgan fingerprint density at radius 2 is 0.660 bits per heavy atom. The molecule has 0 radical (unpaired) electrons. The molecule has 0 rings (SSSR count). The van der Waals surface area contributed by atoms with Gasteiger partial charge in [0, 0.05) is 13.2 Å². The highest BCUT2D eigenvalue weighted by Gasteiger charge is 2.24. The summed E-state index contributed by atoms with van der Waals surface area (Å²) < 4.78 is 70.9. The van der Waals surface area contributed by atoms with Gasteiger partial charge in [-0.25, -0.2) is 0 Å². The van der Waals surface area contributed by atoms with Crippen molar-refractivity contribution in [3.05, 3.63) is 0 Å². The predicted molar refractivity (Wildman–Crippen MR) is 190 cm³/mol. The van der Waals surface area contributed by atoms with Crippen LogP contribution in [0.4, 0.5) is 0 Å². The van der Waals surface area contributed by atoms with Crippen LogP contribution in [0.2, 0.25) is 0 Å². The first-order valence-corrected chi connectivity index (χ1v) is 20.6. The van der Waals surface area contributed by atoms with Gasteiger partial charge in [0.2, 0.25) is 5.44 Å². The van der Waals surface area contributed by atoms with E-state index in [2.05, 4.69) is 13.8 Å². The molecule has 47 heavy (non-hydrogen) atoms. The Labute approximate surface area is 289 Å². The average molecular weight is 699 g/mol. The Kier molecular flexibility index (Phi) is 38.1. The molecule has 0 aromatic carbocycles. The van der Waals surface area contributed by atoms with Gasteiger partial charge in [0.1, 0.15) is 0 Å². The molecule has 0 saturated heterocycles. The largest absolute Gasteiger partial charge is 0.379 e. The van der Waals surface area contributed by atoms with Crippen molar-refractivity contribution in [2.24, 2.45) is 0 Å². The van der Waals surface area contributed by atoms with E-state index < -0.39 is 15.6 Å². The molecule has 1 N–H and O–H groups in total. The highest BCUT2D eigenvalue weighted by atomic mass is 32.2. The van der Waals surface area contributed by atoms with Crippen LogP contribution in [-0.2, 0) is 43.3 Å². The SMILES string of the molecule is CCCCCCCCCCCCOCCOCCOCCOCCOC(COCCOCCCCCCCCCCCC)S(=O)(=O)O. The summed E-state index contributed by atoms with van der Waals surface area (Å²) in [6, 6.07) is 0. The van der Waals surface area contributed by atoms with Crippen LogP contribution < -0.4 is 0 Å². The zero-order valence-electron chi connectivity index (χ0n) is 30.4.